The van der Waals surface area contributed by atoms with Gasteiger partial charge in [-0.15, -0.1) is 0 Å². The Balaban J connectivity index is -0.000000653. The van der Waals surface area contributed by atoms with E-state index in [1.165, 1.54) is 0 Å². The molecule has 0 saturated carbocycles. The molecular weight excluding hydrogens is 332 g/mol. The zero-order valence-corrected chi connectivity index (χ0v) is 13.1. The van der Waals surface area contributed by atoms with Crippen LogP contribution in [0, 0.1) is 0 Å². The molecule has 0 bridgehead atoms. The predicted molar refractivity (Wildman–Crippen MR) is 56.3 cm³/mol. The van der Waals surface area contributed by atoms with Crippen LogP contribution < -0.4 is 11.1 Å². The van der Waals surface area contributed by atoms with Crippen LogP contribution in [0.25, 0.3) is 0 Å². The molecule has 3 nitrogen and oxygen atoms in total. The third kappa shape index (κ3) is 9.90. The maximum absolute atomic E-state index is 9.85. The first-order chi connectivity index (χ1) is 6.84. The first kappa shape index (κ1) is 22.4. The molecule has 0 aliphatic heterocycles. The summed E-state index contributed by atoms with van der Waals surface area (Å²) in [4.78, 5) is 9.85. The largest absolute Gasteiger partial charge is 0.530 e. The number of nitrogens with one attached hydrogen (secondary N) is 1. The van der Waals surface area contributed by atoms with E-state index in [4.69, 9.17) is 5.73 Å². The van der Waals surface area contributed by atoms with Gasteiger partial charge in [-0.05, 0) is 24.9 Å². The third-order valence-corrected chi connectivity index (χ3v) is 2.12. The van der Waals surface area contributed by atoms with Crippen LogP contribution in [-0.4, -0.2) is 13.0 Å². The Kier molecular flexibility index (Phi) is 18.9. The fourth-order valence-corrected chi connectivity index (χ4v) is 1.33. The summed E-state index contributed by atoms with van der Waals surface area (Å²) in [6, 6.07) is 10.0. The molecule has 1 aromatic carbocycles. The third-order valence-electron chi connectivity index (χ3n) is 2.12. The van der Waals surface area contributed by atoms with Gasteiger partial charge in [-0.25, -0.2) is 0 Å². The zero-order valence-electron chi connectivity index (χ0n) is 9.30. The summed E-state index contributed by atoms with van der Waals surface area (Å²) in [5.41, 5.74) is 7.09. The standard InChI is InChI=1S/C11H15N2O.3Cr/c12-11(7-4-8-13-9-14)10-5-2-1-3-6-10;;;/h1-3,5-6,11H,4,7-8,12H2,(H,13,14);;;/q-1;;;/t11-;;;/m1.../s1. The minimum atomic E-state index is 0. The van der Waals surface area contributed by atoms with Crippen LogP contribution >= 0.6 is 0 Å². The van der Waals surface area contributed by atoms with Crippen molar-refractivity contribution in [2.75, 3.05) is 6.54 Å². The molecule has 94 valence electrons. The first-order valence-corrected chi connectivity index (χ1v) is 4.75. The van der Waals surface area contributed by atoms with E-state index in [0.717, 1.165) is 18.4 Å². The van der Waals surface area contributed by atoms with Gasteiger partial charge in [-0.3, -0.25) is 0 Å². The Bertz CT molecular complexity index is 273. The van der Waals surface area contributed by atoms with Crippen molar-refractivity contribution in [3.8, 4) is 0 Å². The van der Waals surface area contributed by atoms with Gasteiger partial charge in [0, 0.05) is 58.1 Å². The van der Waals surface area contributed by atoms with E-state index >= 15 is 0 Å². The number of hydrogen-bond acceptors (Lipinski definition) is 2. The second-order valence-electron chi connectivity index (χ2n) is 3.19. The summed E-state index contributed by atoms with van der Waals surface area (Å²) in [7, 11) is 0. The molecule has 1 rings (SSSR count). The van der Waals surface area contributed by atoms with E-state index in [0.29, 0.717) is 6.54 Å². The van der Waals surface area contributed by atoms with Gasteiger partial charge >= 0.3 is 0 Å². The van der Waals surface area contributed by atoms with E-state index in [1.54, 1.807) is 6.41 Å². The minimum Gasteiger partial charge on any atom is -0.530 e. The monoisotopic (exact) mass is 347 g/mol. The van der Waals surface area contributed by atoms with Crippen molar-refractivity contribution in [2.24, 2.45) is 5.73 Å². The Morgan fingerprint density at radius 1 is 1.18 bits per heavy atom. The number of carbonyl (C=O) groups excluding carboxylic acids is 1. The number of benzene rings is 1. The Labute approximate surface area is 135 Å². The average molecular weight is 347 g/mol. The fourth-order valence-electron chi connectivity index (χ4n) is 1.33. The van der Waals surface area contributed by atoms with Crippen molar-refractivity contribution in [3.05, 3.63) is 35.9 Å². The molecule has 0 aromatic heterocycles. The zero-order chi connectivity index (χ0) is 10.2. The SMILES string of the molecule is N[C@H](CCCN[C-]=O)c1ccccc1.[Cr].[Cr].[Cr]. The molecule has 3 N–H and O–H groups in total. The number of rotatable bonds is 6. The summed E-state index contributed by atoms with van der Waals surface area (Å²) in [6.07, 6.45) is 3.39. The van der Waals surface area contributed by atoms with Gasteiger partial charge in [0.15, 0.2) is 0 Å². The molecule has 1 aromatic rings. The summed E-state index contributed by atoms with van der Waals surface area (Å²) >= 11 is 0. The summed E-state index contributed by atoms with van der Waals surface area (Å²) in [5, 5.41) is 2.49. The summed E-state index contributed by atoms with van der Waals surface area (Å²) < 4.78 is 0. The van der Waals surface area contributed by atoms with Crippen molar-refractivity contribution < 1.29 is 56.9 Å². The normalized spacial score (nSPS) is 9.94. The maximum Gasteiger partial charge on any atom is 0.0295 e. The molecule has 1 amide bonds. The van der Waals surface area contributed by atoms with Crippen LogP contribution in [0.15, 0.2) is 30.3 Å². The van der Waals surface area contributed by atoms with Crippen LogP contribution in [0.5, 0.6) is 0 Å². The van der Waals surface area contributed by atoms with Crippen LogP contribution in [0.3, 0.4) is 0 Å². The topological polar surface area (TPSA) is 55.1 Å². The van der Waals surface area contributed by atoms with E-state index in [9.17, 15) is 4.79 Å². The summed E-state index contributed by atoms with van der Waals surface area (Å²) in [5.74, 6) is 0. The first-order valence-electron chi connectivity index (χ1n) is 4.75. The van der Waals surface area contributed by atoms with Gasteiger partial charge in [-0.1, -0.05) is 30.3 Å². The molecule has 0 saturated heterocycles. The van der Waals surface area contributed by atoms with E-state index in [-0.39, 0.29) is 58.1 Å². The smallest absolute Gasteiger partial charge is 0.0295 e. The minimum absolute atomic E-state index is 0. The van der Waals surface area contributed by atoms with Gasteiger partial charge in [0.1, 0.15) is 0 Å². The molecule has 1 atom stereocenters. The molecule has 0 spiro atoms. The predicted octanol–water partition coefficient (Wildman–Crippen LogP) is 1.12. The van der Waals surface area contributed by atoms with Crippen molar-refractivity contribution in [3.63, 3.8) is 0 Å². The van der Waals surface area contributed by atoms with Gasteiger partial charge in [0.05, 0.1) is 0 Å². The van der Waals surface area contributed by atoms with E-state index in [2.05, 4.69) is 5.32 Å². The summed E-state index contributed by atoms with van der Waals surface area (Å²) in [6.45, 7) is 0.643. The second-order valence-corrected chi connectivity index (χ2v) is 3.19. The van der Waals surface area contributed by atoms with Crippen LogP contribution in [0.4, 0.5) is 0 Å². The van der Waals surface area contributed by atoms with Gasteiger partial charge in [0.25, 0.3) is 0 Å². The number of nitrogens with two attached hydrogens (primary N) is 1. The van der Waals surface area contributed by atoms with Gasteiger partial charge in [-0.2, -0.15) is 6.41 Å². The van der Waals surface area contributed by atoms with Crippen molar-refractivity contribution >= 4 is 6.41 Å². The van der Waals surface area contributed by atoms with Crippen LogP contribution in [-0.2, 0) is 56.9 Å². The molecule has 17 heavy (non-hydrogen) atoms. The van der Waals surface area contributed by atoms with Crippen molar-refractivity contribution in [2.45, 2.75) is 18.9 Å². The van der Waals surface area contributed by atoms with Crippen LogP contribution in [0.1, 0.15) is 24.4 Å². The molecule has 0 heterocycles. The van der Waals surface area contributed by atoms with Crippen LogP contribution in [0.2, 0.25) is 0 Å². The molecular formula is C11H15Cr3N2O-. The Hall–Kier alpha value is 0.247. The molecule has 0 aliphatic carbocycles. The molecule has 0 unspecified atom stereocenters. The number of hydrogen-bond donors (Lipinski definition) is 2. The second kappa shape index (κ2) is 14.3. The Morgan fingerprint density at radius 2 is 1.76 bits per heavy atom. The molecule has 0 radical (unpaired) electrons. The molecule has 0 fully saturated rings. The van der Waals surface area contributed by atoms with Crippen molar-refractivity contribution in [1.82, 2.24) is 5.32 Å². The number of amides is 1. The Morgan fingerprint density at radius 3 is 2.29 bits per heavy atom. The quantitative estimate of drug-likeness (QED) is 0.460. The molecule has 0 aliphatic rings. The van der Waals surface area contributed by atoms with Gasteiger partial charge in [0.2, 0.25) is 0 Å². The fraction of sp³-hybridized carbons (Fsp3) is 0.364. The van der Waals surface area contributed by atoms with E-state index < -0.39 is 0 Å². The van der Waals surface area contributed by atoms with Gasteiger partial charge < -0.3 is 15.8 Å². The van der Waals surface area contributed by atoms with Crippen molar-refractivity contribution in [1.29, 1.82) is 0 Å². The average Bonchev–Trinajstić information content (AvgIpc) is 2.25. The molecule has 6 heteroatoms. The van der Waals surface area contributed by atoms with E-state index in [1.807, 2.05) is 30.3 Å². The maximum atomic E-state index is 9.85.